The van der Waals surface area contributed by atoms with Crippen LogP contribution in [0.5, 0.6) is 0 Å². The molecule has 0 saturated carbocycles. The summed E-state index contributed by atoms with van der Waals surface area (Å²) in [6, 6.07) is 13.2. The minimum absolute atomic E-state index is 0.0430. The van der Waals surface area contributed by atoms with Crippen LogP contribution < -0.4 is 4.90 Å². The first kappa shape index (κ1) is 22.7. The van der Waals surface area contributed by atoms with E-state index in [1.54, 1.807) is 18.3 Å². The van der Waals surface area contributed by atoms with E-state index in [0.29, 0.717) is 43.9 Å². The Labute approximate surface area is 199 Å². The topological polar surface area (TPSA) is 103 Å². The molecule has 1 amide bonds. The van der Waals surface area contributed by atoms with E-state index in [0.717, 1.165) is 13.1 Å². The van der Waals surface area contributed by atoms with Gasteiger partial charge in [0.2, 0.25) is 11.0 Å². The van der Waals surface area contributed by atoms with Gasteiger partial charge in [0.05, 0.1) is 5.92 Å². The molecule has 1 atom stereocenters. The van der Waals surface area contributed by atoms with Gasteiger partial charge in [-0.15, -0.1) is 0 Å². The standard InChI is InChI=1S/C24H29N5O4S/c1-18-4-2-6-20(16-18)27-12-14-28(15-13-27)24(30)19-5-3-11-29(17-19)34(31,32)23-8-7-22(33-23)21-9-10-25-26-21/h2,4,6-10,16,19H,3,5,11-15,17H2,1H3,(H,25,26). The van der Waals surface area contributed by atoms with E-state index in [9.17, 15) is 13.2 Å². The molecule has 0 radical (unpaired) electrons. The van der Waals surface area contributed by atoms with Crippen LogP contribution in [0.1, 0.15) is 18.4 Å². The highest BCUT2D eigenvalue weighted by Crippen LogP contribution is 2.29. The van der Waals surface area contributed by atoms with Crippen molar-refractivity contribution in [2.75, 3.05) is 44.2 Å². The highest BCUT2D eigenvalue weighted by Gasteiger charge is 2.37. The maximum absolute atomic E-state index is 13.3. The van der Waals surface area contributed by atoms with Gasteiger partial charge in [-0.3, -0.25) is 9.89 Å². The van der Waals surface area contributed by atoms with Crippen molar-refractivity contribution < 1.29 is 17.6 Å². The molecule has 2 fully saturated rings. The molecule has 2 saturated heterocycles. The Bertz CT molecular complexity index is 1250. The fourth-order valence-corrected chi connectivity index (χ4v) is 6.19. The molecule has 2 aromatic heterocycles. The number of amides is 1. The number of nitrogens with one attached hydrogen (secondary N) is 1. The lowest BCUT2D eigenvalue weighted by Gasteiger charge is -2.39. The number of carbonyl (C=O) groups is 1. The first-order valence-electron chi connectivity index (χ1n) is 11.6. The van der Waals surface area contributed by atoms with Crippen LogP contribution in [0.4, 0.5) is 5.69 Å². The third-order valence-electron chi connectivity index (χ3n) is 6.63. The summed E-state index contributed by atoms with van der Waals surface area (Å²) in [7, 11) is -3.82. The number of nitrogens with zero attached hydrogens (tertiary/aromatic N) is 4. The maximum Gasteiger partial charge on any atom is 0.276 e. The van der Waals surface area contributed by atoms with Crippen molar-refractivity contribution in [1.29, 1.82) is 0 Å². The van der Waals surface area contributed by atoms with Gasteiger partial charge in [-0.2, -0.15) is 9.40 Å². The number of piperazine rings is 1. The highest BCUT2D eigenvalue weighted by molar-refractivity contribution is 7.89. The van der Waals surface area contributed by atoms with E-state index in [1.165, 1.54) is 21.6 Å². The first-order chi connectivity index (χ1) is 16.4. The summed E-state index contributed by atoms with van der Waals surface area (Å²) in [4.78, 5) is 17.4. The zero-order chi connectivity index (χ0) is 23.7. The molecule has 0 aliphatic carbocycles. The van der Waals surface area contributed by atoms with Crippen LogP contribution >= 0.6 is 0 Å². The third kappa shape index (κ3) is 4.47. The Balaban J connectivity index is 1.22. The van der Waals surface area contributed by atoms with Crippen LogP contribution in [0, 0.1) is 12.8 Å². The number of H-pyrrole nitrogens is 1. The van der Waals surface area contributed by atoms with E-state index in [4.69, 9.17) is 4.42 Å². The fourth-order valence-electron chi connectivity index (χ4n) is 4.75. The van der Waals surface area contributed by atoms with Gasteiger partial charge in [-0.05, 0) is 55.7 Å². The number of benzene rings is 1. The van der Waals surface area contributed by atoms with E-state index in [1.807, 2.05) is 4.90 Å². The number of hydrogen-bond donors (Lipinski definition) is 1. The third-order valence-corrected chi connectivity index (χ3v) is 8.37. The highest BCUT2D eigenvalue weighted by atomic mass is 32.2. The van der Waals surface area contributed by atoms with E-state index in [-0.39, 0.29) is 23.5 Å². The van der Waals surface area contributed by atoms with Crippen molar-refractivity contribution >= 4 is 21.6 Å². The molecule has 9 nitrogen and oxygen atoms in total. The fraction of sp³-hybridized carbons (Fsp3) is 0.417. The SMILES string of the molecule is Cc1cccc(N2CCN(C(=O)C3CCCN(S(=O)(=O)c4ccc(-c5ccn[nH]5)o4)C3)CC2)c1. The summed E-state index contributed by atoms with van der Waals surface area (Å²) in [5.74, 6) is 0.115. The van der Waals surface area contributed by atoms with Gasteiger partial charge in [0.25, 0.3) is 10.0 Å². The summed E-state index contributed by atoms with van der Waals surface area (Å²) >= 11 is 0. The Hall–Kier alpha value is -3.11. The van der Waals surface area contributed by atoms with E-state index >= 15 is 0 Å². The lowest BCUT2D eigenvalue weighted by molar-refractivity contribution is -0.137. The molecule has 1 N–H and O–H groups in total. The molecule has 0 bridgehead atoms. The van der Waals surface area contributed by atoms with Crippen LogP contribution in [0.3, 0.4) is 0 Å². The molecule has 1 unspecified atom stereocenters. The predicted molar refractivity (Wildman–Crippen MR) is 128 cm³/mol. The second-order valence-electron chi connectivity index (χ2n) is 8.94. The molecule has 0 spiro atoms. The number of aryl methyl sites for hydroxylation is 1. The second kappa shape index (κ2) is 9.27. The number of furan rings is 1. The van der Waals surface area contributed by atoms with Gasteiger partial charge >= 0.3 is 0 Å². The van der Waals surface area contributed by atoms with Crippen molar-refractivity contribution in [3.63, 3.8) is 0 Å². The zero-order valence-electron chi connectivity index (χ0n) is 19.2. The first-order valence-corrected chi connectivity index (χ1v) is 13.1. The molecular formula is C24H29N5O4S. The predicted octanol–water partition coefficient (Wildman–Crippen LogP) is 2.73. The molecule has 2 aliphatic heterocycles. The number of carbonyl (C=O) groups excluding carboxylic acids is 1. The summed E-state index contributed by atoms with van der Waals surface area (Å²) in [6.07, 6.45) is 2.92. The Kier molecular flexibility index (Phi) is 6.18. The van der Waals surface area contributed by atoms with E-state index < -0.39 is 10.0 Å². The lowest BCUT2D eigenvalue weighted by Crippen LogP contribution is -2.53. The molecular weight excluding hydrogens is 454 g/mol. The monoisotopic (exact) mass is 483 g/mol. The Morgan fingerprint density at radius 2 is 1.91 bits per heavy atom. The largest absolute Gasteiger partial charge is 0.442 e. The minimum atomic E-state index is -3.82. The smallest absolute Gasteiger partial charge is 0.276 e. The number of aromatic amines is 1. The summed E-state index contributed by atoms with van der Waals surface area (Å²) in [5, 5.41) is 6.52. The minimum Gasteiger partial charge on any atom is -0.442 e. The van der Waals surface area contributed by atoms with Gasteiger partial charge < -0.3 is 14.2 Å². The van der Waals surface area contributed by atoms with Crippen molar-refractivity contribution in [1.82, 2.24) is 19.4 Å². The second-order valence-corrected chi connectivity index (χ2v) is 10.8. The number of sulfonamides is 1. The van der Waals surface area contributed by atoms with Crippen molar-refractivity contribution in [3.05, 3.63) is 54.2 Å². The van der Waals surface area contributed by atoms with Crippen LogP contribution in [0.2, 0.25) is 0 Å². The summed E-state index contributed by atoms with van der Waals surface area (Å²) in [5.41, 5.74) is 3.00. The molecule has 10 heteroatoms. The molecule has 3 aromatic rings. The molecule has 180 valence electrons. The van der Waals surface area contributed by atoms with Crippen molar-refractivity contribution in [2.24, 2.45) is 5.92 Å². The van der Waals surface area contributed by atoms with Crippen LogP contribution in [0.25, 0.3) is 11.5 Å². The van der Waals surface area contributed by atoms with Crippen LogP contribution in [-0.4, -0.2) is 73.0 Å². The molecule has 1 aromatic carbocycles. The molecule has 4 heterocycles. The van der Waals surface area contributed by atoms with Crippen LogP contribution in [0.15, 0.2) is 58.2 Å². The average molecular weight is 484 g/mol. The number of hydrogen-bond acceptors (Lipinski definition) is 6. The van der Waals surface area contributed by atoms with Crippen LogP contribution in [-0.2, 0) is 14.8 Å². The van der Waals surface area contributed by atoms with Gasteiger partial charge in [0.15, 0.2) is 5.76 Å². The molecule has 2 aliphatic rings. The van der Waals surface area contributed by atoms with Gasteiger partial charge in [0.1, 0.15) is 5.69 Å². The summed E-state index contributed by atoms with van der Waals surface area (Å²) < 4.78 is 33.4. The van der Waals surface area contributed by atoms with Gasteiger partial charge in [-0.1, -0.05) is 12.1 Å². The summed E-state index contributed by atoms with van der Waals surface area (Å²) in [6.45, 7) is 5.46. The quantitative estimate of drug-likeness (QED) is 0.599. The Morgan fingerprint density at radius 1 is 1.09 bits per heavy atom. The molecule has 5 rings (SSSR count). The molecule has 34 heavy (non-hydrogen) atoms. The van der Waals surface area contributed by atoms with Crippen molar-refractivity contribution in [2.45, 2.75) is 24.9 Å². The van der Waals surface area contributed by atoms with Gasteiger partial charge in [-0.25, -0.2) is 8.42 Å². The zero-order valence-corrected chi connectivity index (χ0v) is 20.0. The lowest BCUT2D eigenvalue weighted by atomic mass is 9.97. The number of anilines is 1. The number of piperidine rings is 1. The average Bonchev–Trinajstić information content (AvgIpc) is 3.56. The van der Waals surface area contributed by atoms with E-state index in [2.05, 4.69) is 46.3 Å². The number of aromatic nitrogens is 2. The van der Waals surface area contributed by atoms with Crippen molar-refractivity contribution in [3.8, 4) is 11.5 Å². The number of rotatable bonds is 5. The van der Waals surface area contributed by atoms with Gasteiger partial charge in [0, 0.05) is 51.2 Å². The Morgan fingerprint density at radius 3 is 2.65 bits per heavy atom. The normalized spacial score (nSPS) is 20.0. The maximum atomic E-state index is 13.3.